The number of methoxy groups -OCH3 is 1. The summed E-state index contributed by atoms with van der Waals surface area (Å²) in [6.45, 7) is 4.08. The maximum atomic E-state index is 9.96. The Hall–Kier alpha value is -3.84. The van der Waals surface area contributed by atoms with Crippen molar-refractivity contribution in [3.05, 3.63) is 77.1 Å². The van der Waals surface area contributed by atoms with Crippen molar-refractivity contribution in [1.29, 1.82) is 0 Å². The van der Waals surface area contributed by atoms with Crippen molar-refractivity contribution < 1.29 is 14.3 Å². The molecule has 5 rings (SSSR count). The van der Waals surface area contributed by atoms with Gasteiger partial charge in [-0.1, -0.05) is 29.5 Å². The van der Waals surface area contributed by atoms with Gasteiger partial charge >= 0.3 is 0 Å². The van der Waals surface area contributed by atoms with Gasteiger partial charge in [-0.05, 0) is 61.4 Å². The molecule has 0 aliphatic heterocycles. The molecule has 6 nitrogen and oxygen atoms in total. The Balaban J connectivity index is 1.68. The van der Waals surface area contributed by atoms with E-state index in [0.29, 0.717) is 11.5 Å². The first kappa shape index (κ1) is 20.1. The maximum Gasteiger partial charge on any atom is 0.204 e. The molecule has 0 radical (unpaired) electrons. The topological polar surface area (TPSA) is 79.9 Å². The van der Waals surface area contributed by atoms with E-state index in [0.717, 1.165) is 48.4 Å². The van der Waals surface area contributed by atoms with Crippen LogP contribution in [0.1, 0.15) is 11.1 Å². The smallest absolute Gasteiger partial charge is 0.204 e. The van der Waals surface area contributed by atoms with Crippen molar-refractivity contribution in [2.75, 3.05) is 12.5 Å². The van der Waals surface area contributed by atoms with Gasteiger partial charge in [0.05, 0.1) is 22.7 Å². The molecule has 2 heterocycles. The first-order valence-electron chi connectivity index (χ1n) is 10.1. The van der Waals surface area contributed by atoms with E-state index < -0.39 is 0 Å². The second-order valence-electron chi connectivity index (χ2n) is 7.55. The highest BCUT2D eigenvalue weighted by atomic mass is 32.1. The highest BCUT2D eigenvalue weighted by molar-refractivity contribution is 7.22. The van der Waals surface area contributed by atoms with E-state index in [1.54, 1.807) is 29.5 Å². The molecule has 3 aromatic carbocycles. The fourth-order valence-electron chi connectivity index (χ4n) is 3.77. The van der Waals surface area contributed by atoms with Gasteiger partial charge in [0.25, 0.3) is 0 Å². The molecular formula is C25H21N3O3S. The second-order valence-corrected chi connectivity index (χ2v) is 8.58. The van der Waals surface area contributed by atoms with Crippen LogP contribution in [0.3, 0.4) is 0 Å². The first-order valence-corrected chi connectivity index (χ1v) is 10.9. The number of hydrogen-bond donors (Lipinski definition) is 2. The Morgan fingerprint density at radius 3 is 2.72 bits per heavy atom. The number of phenolic OH excluding ortho intramolecular Hbond substituents is 1. The van der Waals surface area contributed by atoms with Crippen LogP contribution in [0.4, 0.5) is 5.13 Å². The molecule has 0 bridgehead atoms. The third kappa shape index (κ3) is 3.67. The van der Waals surface area contributed by atoms with Crippen LogP contribution >= 0.6 is 11.3 Å². The summed E-state index contributed by atoms with van der Waals surface area (Å²) in [7, 11) is 1.52. The Morgan fingerprint density at radius 1 is 1.06 bits per heavy atom. The van der Waals surface area contributed by atoms with Crippen molar-refractivity contribution in [2.45, 2.75) is 13.8 Å². The molecule has 7 heteroatoms. The van der Waals surface area contributed by atoms with Crippen LogP contribution in [-0.2, 0) is 0 Å². The van der Waals surface area contributed by atoms with Gasteiger partial charge in [0.15, 0.2) is 11.5 Å². The third-order valence-electron chi connectivity index (χ3n) is 5.22. The van der Waals surface area contributed by atoms with E-state index in [-0.39, 0.29) is 5.75 Å². The molecule has 0 spiro atoms. The molecule has 0 saturated carbocycles. The van der Waals surface area contributed by atoms with Gasteiger partial charge in [-0.2, -0.15) is 5.10 Å². The fourth-order valence-corrected chi connectivity index (χ4v) is 4.58. The van der Waals surface area contributed by atoms with Crippen LogP contribution in [0, 0.1) is 13.8 Å². The Morgan fingerprint density at radius 2 is 1.91 bits per heavy atom. The maximum absolute atomic E-state index is 9.96. The van der Waals surface area contributed by atoms with Crippen molar-refractivity contribution in [3.8, 4) is 22.8 Å². The molecule has 5 aromatic rings. The zero-order valence-corrected chi connectivity index (χ0v) is 18.7. The Kier molecular flexibility index (Phi) is 5.03. The van der Waals surface area contributed by atoms with Crippen LogP contribution in [0.2, 0.25) is 0 Å². The van der Waals surface area contributed by atoms with Gasteiger partial charge < -0.3 is 14.3 Å². The van der Waals surface area contributed by atoms with Crippen LogP contribution < -0.4 is 15.5 Å². The highest BCUT2D eigenvalue weighted by Gasteiger charge is 2.12. The predicted molar refractivity (Wildman–Crippen MR) is 128 cm³/mol. The molecule has 2 aromatic heterocycles. The summed E-state index contributed by atoms with van der Waals surface area (Å²) in [5.74, 6) is 1.07. The van der Waals surface area contributed by atoms with Crippen LogP contribution in [0.15, 0.2) is 70.2 Å². The molecule has 0 unspecified atom stereocenters. The normalized spacial score (nSPS) is 11.9. The summed E-state index contributed by atoms with van der Waals surface area (Å²) in [4.78, 5) is 4.60. The Labute approximate surface area is 188 Å². The number of nitrogens with zero attached hydrogens (tertiary/aromatic N) is 2. The number of aromatic hydroxyl groups is 1. The number of fused-ring (bicyclic) bond motifs is 2. The van der Waals surface area contributed by atoms with Crippen molar-refractivity contribution in [3.63, 3.8) is 0 Å². The lowest BCUT2D eigenvalue weighted by Gasteiger charge is -2.10. The summed E-state index contributed by atoms with van der Waals surface area (Å²) in [5, 5.41) is 17.0. The zero-order chi connectivity index (χ0) is 22.2. The monoisotopic (exact) mass is 443 g/mol. The lowest BCUT2D eigenvalue weighted by molar-refractivity contribution is 0.373. The number of phenols is 1. The molecule has 0 aliphatic rings. The molecule has 0 aliphatic carbocycles. The first-order chi connectivity index (χ1) is 15.5. The van der Waals surface area contributed by atoms with Gasteiger partial charge in [-0.25, -0.2) is 4.98 Å². The van der Waals surface area contributed by atoms with Crippen molar-refractivity contribution >= 4 is 37.7 Å². The van der Waals surface area contributed by atoms with Crippen molar-refractivity contribution in [1.82, 2.24) is 4.98 Å². The lowest BCUT2D eigenvalue weighted by Crippen LogP contribution is -2.09. The minimum absolute atomic E-state index is 0.0751. The molecule has 0 amide bonds. The summed E-state index contributed by atoms with van der Waals surface area (Å²) in [5.41, 5.74) is 7.74. The molecular weight excluding hydrogens is 422 g/mol. The quantitative estimate of drug-likeness (QED) is 0.335. The molecule has 0 fully saturated rings. The van der Waals surface area contributed by atoms with Crippen molar-refractivity contribution in [2.24, 2.45) is 5.10 Å². The van der Waals surface area contributed by atoms with E-state index >= 15 is 0 Å². The van der Waals surface area contributed by atoms with E-state index in [2.05, 4.69) is 16.5 Å². The molecule has 2 N–H and O–H groups in total. The second kappa shape index (κ2) is 8.01. The zero-order valence-electron chi connectivity index (χ0n) is 17.8. The van der Waals surface area contributed by atoms with Gasteiger partial charge in [-0.15, -0.1) is 0 Å². The molecule has 0 atom stereocenters. The van der Waals surface area contributed by atoms with Gasteiger partial charge in [0, 0.05) is 17.0 Å². The minimum Gasteiger partial charge on any atom is -0.504 e. The number of anilines is 1. The van der Waals surface area contributed by atoms with Gasteiger partial charge in [0.1, 0.15) is 11.3 Å². The number of aryl methyl sites for hydroxylation is 2. The minimum atomic E-state index is 0.0751. The van der Waals surface area contributed by atoms with E-state index in [1.165, 1.54) is 7.11 Å². The predicted octanol–water partition coefficient (Wildman–Crippen LogP) is 5.97. The van der Waals surface area contributed by atoms with Crippen LogP contribution in [0.5, 0.6) is 11.5 Å². The average molecular weight is 444 g/mol. The summed E-state index contributed by atoms with van der Waals surface area (Å²) in [6.07, 6.45) is 0. The van der Waals surface area contributed by atoms with E-state index in [9.17, 15) is 5.11 Å². The van der Waals surface area contributed by atoms with Gasteiger partial charge in [-0.3, -0.25) is 5.43 Å². The molecule has 160 valence electrons. The number of benzene rings is 3. The lowest BCUT2D eigenvalue weighted by atomic mass is 10.0. The number of ether oxygens (including phenoxy) is 1. The van der Waals surface area contributed by atoms with Crippen LogP contribution in [0.25, 0.3) is 32.5 Å². The summed E-state index contributed by atoms with van der Waals surface area (Å²) < 4.78 is 12.6. The summed E-state index contributed by atoms with van der Waals surface area (Å²) >= 11 is 1.55. The largest absolute Gasteiger partial charge is 0.504 e. The fraction of sp³-hybridized carbons (Fsp3) is 0.120. The SMILES string of the molecule is COc1cc(-c2c/c(=N\Nc3nc4ccccc4s3)c3c(C)cc(C)cc3o2)ccc1O. The number of rotatable bonds is 4. The number of thiazole rings is 1. The number of hydrogen-bond acceptors (Lipinski definition) is 7. The Bertz CT molecular complexity index is 1500. The average Bonchev–Trinajstić information content (AvgIpc) is 3.20. The summed E-state index contributed by atoms with van der Waals surface area (Å²) in [6, 6.07) is 19.1. The number of nitrogens with one attached hydrogen (secondary N) is 1. The van der Waals surface area contributed by atoms with Crippen LogP contribution in [-0.4, -0.2) is 17.2 Å². The number of para-hydroxylation sites is 1. The highest BCUT2D eigenvalue weighted by Crippen LogP contribution is 2.32. The number of aromatic nitrogens is 1. The molecule has 32 heavy (non-hydrogen) atoms. The van der Waals surface area contributed by atoms with E-state index in [1.807, 2.05) is 50.2 Å². The molecule has 0 saturated heterocycles. The third-order valence-corrected chi connectivity index (χ3v) is 6.16. The standard InChI is InChI=1S/C25H21N3O3S/c1-14-10-15(2)24-18(27-28-25-26-17-6-4-5-7-23(17)32-25)13-20(31-22(24)11-14)16-8-9-19(29)21(12-16)30-3/h4-13,29H,1-3H3,(H,26,28)/b27-18+. The van der Waals surface area contributed by atoms with E-state index in [4.69, 9.17) is 14.3 Å². The van der Waals surface area contributed by atoms with Gasteiger partial charge in [0.2, 0.25) is 5.13 Å².